The highest BCUT2D eigenvalue weighted by atomic mass is 16.7. The number of rotatable bonds is 5. The van der Waals surface area contributed by atoms with E-state index in [-0.39, 0.29) is 5.79 Å². The number of ether oxygens (including phenoxy) is 3. The fourth-order valence-electron chi connectivity index (χ4n) is 4.31. The van der Waals surface area contributed by atoms with Gasteiger partial charge in [-0.3, -0.25) is 4.90 Å². The lowest BCUT2D eigenvalue weighted by atomic mass is 9.84. The molecule has 0 bridgehead atoms. The Kier molecular flexibility index (Phi) is 5.17. The Labute approximate surface area is 128 Å². The molecule has 5 heteroatoms. The molecule has 0 aromatic carbocycles. The van der Waals surface area contributed by atoms with Crippen molar-refractivity contribution in [3.05, 3.63) is 0 Å². The zero-order valence-electron chi connectivity index (χ0n) is 13.5. The van der Waals surface area contributed by atoms with Gasteiger partial charge in [-0.1, -0.05) is 6.92 Å². The standard InChI is InChI=1S/C16H30N2O3/c1-3-17-14-4-6-16(20-8-9-21-16)10-15(14)18-7-5-13(11-18)12-19-2/h13-15,17H,3-12H2,1-2H3. The normalized spacial score (nSPS) is 36.6. The molecule has 3 rings (SSSR count). The molecule has 2 saturated heterocycles. The van der Waals surface area contributed by atoms with E-state index in [1.54, 1.807) is 7.11 Å². The molecule has 0 amide bonds. The summed E-state index contributed by atoms with van der Waals surface area (Å²) in [6.45, 7) is 7.95. The van der Waals surface area contributed by atoms with Crippen LogP contribution in [0.5, 0.6) is 0 Å². The van der Waals surface area contributed by atoms with Crippen LogP contribution in [0.1, 0.15) is 32.6 Å². The largest absolute Gasteiger partial charge is 0.384 e. The average Bonchev–Trinajstić information content (AvgIpc) is 3.12. The van der Waals surface area contributed by atoms with E-state index in [1.165, 1.54) is 13.0 Å². The highest BCUT2D eigenvalue weighted by Gasteiger charge is 2.47. The van der Waals surface area contributed by atoms with Gasteiger partial charge in [0.2, 0.25) is 0 Å². The van der Waals surface area contributed by atoms with Crippen molar-refractivity contribution in [3.63, 3.8) is 0 Å². The van der Waals surface area contributed by atoms with Gasteiger partial charge in [-0.2, -0.15) is 0 Å². The molecule has 3 atom stereocenters. The first kappa shape index (κ1) is 15.7. The summed E-state index contributed by atoms with van der Waals surface area (Å²) in [6, 6.07) is 1.09. The van der Waals surface area contributed by atoms with Crippen LogP contribution in [0.3, 0.4) is 0 Å². The van der Waals surface area contributed by atoms with Gasteiger partial charge < -0.3 is 19.5 Å². The van der Waals surface area contributed by atoms with Crippen LogP contribution in [0, 0.1) is 5.92 Å². The molecule has 21 heavy (non-hydrogen) atoms. The Balaban J connectivity index is 1.66. The highest BCUT2D eigenvalue weighted by Crippen LogP contribution is 2.39. The first-order valence-electron chi connectivity index (χ1n) is 8.50. The number of methoxy groups -OCH3 is 1. The van der Waals surface area contributed by atoms with Crippen LogP contribution in [-0.2, 0) is 14.2 Å². The lowest BCUT2D eigenvalue weighted by molar-refractivity contribution is -0.192. The minimum atomic E-state index is -0.296. The Morgan fingerprint density at radius 2 is 2.10 bits per heavy atom. The summed E-state index contributed by atoms with van der Waals surface area (Å²) in [5.41, 5.74) is 0. The van der Waals surface area contributed by atoms with Crippen LogP contribution in [0.4, 0.5) is 0 Å². The molecule has 3 unspecified atom stereocenters. The van der Waals surface area contributed by atoms with Gasteiger partial charge >= 0.3 is 0 Å². The Bertz CT molecular complexity index is 333. The molecule has 1 N–H and O–H groups in total. The Hall–Kier alpha value is -0.200. The molecule has 2 aliphatic heterocycles. The van der Waals surface area contributed by atoms with Crippen molar-refractivity contribution in [1.82, 2.24) is 10.2 Å². The Morgan fingerprint density at radius 1 is 1.29 bits per heavy atom. The summed E-state index contributed by atoms with van der Waals surface area (Å²) in [5.74, 6) is 0.385. The molecular formula is C16H30N2O3. The van der Waals surface area contributed by atoms with Gasteiger partial charge in [0.05, 0.1) is 19.8 Å². The van der Waals surface area contributed by atoms with Crippen molar-refractivity contribution in [3.8, 4) is 0 Å². The smallest absolute Gasteiger partial charge is 0.170 e. The molecule has 2 heterocycles. The quantitative estimate of drug-likeness (QED) is 0.827. The second-order valence-corrected chi connectivity index (χ2v) is 6.69. The maximum atomic E-state index is 5.97. The third-order valence-electron chi connectivity index (χ3n) is 5.29. The van der Waals surface area contributed by atoms with Gasteiger partial charge in [-0.25, -0.2) is 0 Å². The van der Waals surface area contributed by atoms with Gasteiger partial charge in [-0.05, 0) is 31.8 Å². The van der Waals surface area contributed by atoms with Gasteiger partial charge in [0.1, 0.15) is 0 Å². The molecule has 0 aromatic rings. The van der Waals surface area contributed by atoms with E-state index in [4.69, 9.17) is 14.2 Å². The van der Waals surface area contributed by atoms with Crippen LogP contribution in [-0.4, -0.2) is 69.3 Å². The van der Waals surface area contributed by atoms with E-state index >= 15 is 0 Å². The topological polar surface area (TPSA) is 43.0 Å². The predicted octanol–water partition coefficient (Wildman–Crippen LogP) is 1.23. The van der Waals surface area contributed by atoms with E-state index in [2.05, 4.69) is 17.1 Å². The first-order valence-corrected chi connectivity index (χ1v) is 8.50. The Morgan fingerprint density at radius 3 is 2.81 bits per heavy atom. The summed E-state index contributed by atoms with van der Waals surface area (Å²) in [4.78, 5) is 2.64. The summed E-state index contributed by atoms with van der Waals surface area (Å²) in [6.07, 6.45) is 4.42. The highest BCUT2D eigenvalue weighted by molar-refractivity contribution is 4.98. The van der Waals surface area contributed by atoms with Gasteiger partial charge in [-0.15, -0.1) is 0 Å². The molecule has 0 radical (unpaired) electrons. The van der Waals surface area contributed by atoms with Crippen LogP contribution >= 0.6 is 0 Å². The second kappa shape index (κ2) is 6.92. The predicted molar refractivity (Wildman–Crippen MR) is 81.3 cm³/mol. The van der Waals surface area contributed by atoms with Crippen molar-refractivity contribution in [2.45, 2.75) is 50.5 Å². The lowest BCUT2D eigenvalue weighted by Crippen LogP contribution is -2.57. The maximum absolute atomic E-state index is 5.97. The molecule has 3 fully saturated rings. The average molecular weight is 298 g/mol. The van der Waals surface area contributed by atoms with Crippen molar-refractivity contribution in [2.24, 2.45) is 5.92 Å². The molecule has 1 saturated carbocycles. The fraction of sp³-hybridized carbons (Fsp3) is 1.00. The zero-order chi connectivity index (χ0) is 14.7. The second-order valence-electron chi connectivity index (χ2n) is 6.69. The van der Waals surface area contributed by atoms with Crippen LogP contribution in [0.25, 0.3) is 0 Å². The summed E-state index contributed by atoms with van der Waals surface area (Å²) in [5, 5.41) is 3.68. The van der Waals surface area contributed by atoms with E-state index in [0.717, 1.165) is 52.2 Å². The maximum Gasteiger partial charge on any atom is 0.170 e. The SMILES string of the molecule is CCNC1CCC2(CC1N1CCC(COC)C1)OCCO2. The lowest BCUT2D eigenvalue weighted by Gasteiger charge is -2.45. The molecular weight excluding hydrogens is 268 g/mol. The molecule has 1 aliphatic carbocycles. The van der Waals surface area contributed by atoms with Crippen LogP contribution < -0.4 is 5.32 Å². The van der Waals surface area contributed by atoms with Crippen molar-refractivity contribution in [1.29, 1.82) is 0 Å². The van der Waals surface area contributed by atoms with Crippen LogP contribution in [0.15, 0.2) is 0 Å². The number of nitrogens with one attached hydrogen (secondary N) is 1. The molecule has 1 spiro atoms. The van der Waals surface area contributed by atoms with E-state index in [1.807, 2.05) is 0 Å². The fourth-order valence-corrected chi connectivity index (χ4v) is 4.31. The van der Waals surface area contributed by atoms with Gasteiger partial charge in [0, 0.05) is 38.6 Å². The van der Waals surface area contributed by atoms with Gasteiger partial charge in [0.25, 0.3) is 0 Å². The first-order chi connectivity index (χ1) is 10.3. The number of likely N-dealkylation sites (N-methyl/N-ethyl adjacent to an activating group) is 1. The molecule has 3 aliphatic rings. The van der Waals surface area contributed by atoms with Crippen LogP contribution in [0.2, 0.25) is 0 Å². The van der Waals surface area contributed by atoms with E-state index in [0.29, 0.717) is 18.0 Å². The van der Waals surface area contributed by atoms with Gasteiger partial charge in [0.15, 0.2) is 5.79 Å². The van der Waals surface area contributed by atoms with E-state index < -0.39 is 0 Å². The summed E-state index contributed by atoms with van der Waals surface area (Å²) >= 11 is 0. The van der Waals surface area contributed by atoms with E-state index in [9.17, 15) is 0 Å². The molecule has 5 nitrogen and oxygen atoms in total. The molecule has 0 aromatic heterocycles. The summed E-state index contributed by atoms with van der Waals surface area (Å²) < 4.78 is 17.3. The number of hydrogen-bond acceptors (Lipinski definition) is 5. The van der Waals surface area contributed by atoms with Crippen molar-refractivity contribution >= 4 is 0 Å². The third kappa shape index (κ3) is 3.42. The summed E-state index contributed by atoms with van der Waals surface area (Å²) in [7, 11) is 1.81. The minimum Gasteiger partial charge on any atom is -0.384 e. The molecule has 122 valence electrons. The third-order valence-corrected chi connectivity index (χ3v) is 5.29. The number of likely N-dealkylation sites (tertiary alicyclic amines) is 1. The number of nitrogens with zero attached hydrogens (tertiary/aromatic N) is 1. The van der Waals surface area contributed by atoms with Crippen molar-refractivity contribution < 1.29 is 14.2 Å². The number of hydrogen-bond donors (Lipinski definition) is 1. The minimum absolute atomic E-state index is 0.296. The zero-order valence-corrected chi connectivity index (χ0v) is 13.5. The van der Waals surface area contributed by atoms with Crippen molar-refractivity contribution in [2.75, 3.05) is 46.6 Å². The monoisotopic (exact) mass is 298 g/mol.